The summed E-state index contributed by atoms with van der Waals surface area (Å²) in [6.07, 6.45) is 1.95. The molecule has 4 nitrogen and oxygen atoms in total. The van der Waals surface area contributed by atoms with E-state index in [9.17, 15) is 5.11 Å². The van der Waals surface area contributed by atoms with Crippen LogP contribution in [0.2, 0.25) is 0 Å². The van der Waals surface area contributed by atoms with Crippen molar-refractivity contribution in [2.75, 3.05) is 13.1 Å². The van der Waals surface area contributed by atoms with Gasteiger partial charge in [-0.25, -0.2) is 4.68 Å². The molecule has 4 rings (SSSR count). The van der Waals surface area contributed by atoms with Crippen molar-refractivity contribution >= 4 is 0 Å². The molecule has 1 fully saturated rings. The number of hydrogen-bond acceptors (Lipinski definition) is 3. The minimum Gasteiger partial charge on any atom is -0.390 e. The lowest BCUT2D eigenvalue weighted by Gasteiger charge is -2.35. The lowest BCUT2D eigenvalue weighted by atomic mass is 10.1. The molecule has 0 aliphatic carbocycles. The Morgan fingerprint density at radius 3 is 2.56 bits per heavy atom. The molecular weight excluding hydrogens is 310 g/mol. The summed E-state index contributed by atoms with van der Waals surface area (Å²) in [6.45, 7) is 6.51. The lowest BCUT2D eigenvalue weighted by molar-refractivity contribution is -0.00278. The zero-order valence-electron chi connectivity index (χ0n) is 14.7. The minimum absolute atomic E-state index is 0.186. The van der Waals surface area contributed by atoms with E-state index in [4.69, 9.17) is 5.10 Å². The van der Waals surface area contributed by atoms with Gasteiger partial charge in [0.05, 0.1) is 17.5 Å². The maximum Gasteiger partial charge on any atom is 0.0972 e. The van der Waals surface area contributed by atoms with Gasteiger partial charge in [0.15, 0.2) is 0 Å². The van der Waals surface area contributed by atoms with E-state index in [1.54, 1.807) is 0 Å². The van der Waals surface area contributed by atoms with Crippen LogP contribution < -0.4 is 0 Å². The first-order valence-electron chi connectivity index (χ1n) is 8.72. The van der Waals surface area contributed by atoms with Gasteiger partial charge in [0.2, 0.25) is 0 Å². The van der Waals surface area contributed by atoms with Crippen molar-refractivity contribution in [3.05, 3.63) is 71.4 Å². The summed E-state index contributed by atoms with van der Waals surface area (Å²) in [4.78, 5) is 2.25. The first-order chi connectivity index (χ1) is 12.1. The van der Waals surface area contributed by atoms with Gasteiger partial charge in [-0.15, -0.1) is 0 Å². The van der Waals surface area contributed by atoms with Gasteiger partial charge in [-0.1, -0.05) is 42.5 Å². The van der Waals surface area contributed by atoms with Crippen LogP contribution in [0.1, 0.15) is 16.7 Å². The van der Waals surface area contributed by atoms with Gasteiger partial charge in [0.25, 0.3) is 0 Å². The number of rotatable bonds is 4. The van der Waals surface area contributed by atoms with Crippen molar-refractivity contribution in [2.24, 2.45) is 0 Å². The van der Waals surface area contributed by atoms with Crippen LogP contribution in [0.3, 0.4) is 0 Å². The van der Waals surface area contributed by atoms with Crippen molar-refractivity contribution in [2.45, 2.75) is 26.5 Å². The highest BCUT2D eigenvalue weighted by atomic mass is 16.3. The van der Waals surface area contributed by atoms with Crippen LogP contribution in [-0.4, -0.2) is 39.0 Å². The normalized spacial score (nSPS) is 15.3. The Balaban J connectivity index is 1.76. The van der Waals surface area contributed by atoms with Gasteiger partial charge in [-0.05, 0) is 31.0 Å². The van der Waals surface area contributed by atoms with Crippen molar-refractivity contribution in [3.63, 3.8) is 0 Å². The standard InChI is InChI=1S/C21H23N3O/c1-15-8-9-16(2)20(10-15)24-12-18(11-23-13-19(25)14-23)21(22-24)17-6-4-3-5-7-17/h3-10,12,19,25H,11,13-14H2,1-2H3. The van der Waals surface area contributed by atoms with E-state index in [1.807, 2.05) is 22.9 Å². The summed E-state index contributed by atoms with van der Waals surface area (Å²) in [7, 11) is 0. The Kier molecular flexibility index (Phi) is 4.15. The van der Waals surface area contributed by atoms with Gasteiger partial charge in [0, 0.05) is 37.0 Å². The number of aryl methyl sites for hydroxylation is 2. The third-order valence-electron chi connectivity index (χ3n) is 4.78. The van der Waals surface area contributed by atoms with Crippen LogP contribution >= 0.6 is 0 Å². The van der Waals surface area contributed by atoms with Gasteiger partial charge in [0.1, 0.15) is 0 Å². The molecule has 0 amide bonds. The fourth-order valence-corrected chi connectivity index (χ4v) is 3.37. The SMILES string of the molecule is Cc1ccc(C)c(-n2cc(CN3CC(O)C3)c(-c3ccccc3)n2)c1. The maximum absolute atomic E-state index is 9.57. The van der Waals surface area contributed by atoms with E-state index < -0.39 is 0 Å². The average molecular weight is 333 g/mol. The first-order valence-corrected chi connectivity index (χ1v) is 8.72. The predicted molar refractivity (Wildman–Crippen MR) is 99.8 cm³/mol. The molecule has 2 aromatic carbocycles. The smallest absolute Gasteiger partial charge is 0.0972 e. The van der Waals surface area contributed by atoms with Crippen molar-refractivity contribution in [3.8, 4) is 16.9 Å². The summed E-state index contributed by atoms with van der Waals surface area (Å²) in [5.41, 5.74) is 6.89. The van der Waals surface area contributed by atoms with E-state index >= 15 is 0 Å². The Hall–Kier alpha value is -2.43. The molecule has 1 saturated heterocycles. The highest BCUT2D eigenvalue weighted by Gasteiger charge is 2.26. The molecule has 25 heavy (non-hydrogen) atoms. The number of benzene rings is 2. The zero-order valence-corrected chi connectivity index (χ0v) is 14.7. The monoisotopic (exact) mass is 333 g/mol. The van der Waals surface area contributed by atoms with Crippen LogP contribution in [-0.2, 0) is 6.54 Å². The molecule has 0 bridgehead atoms. The third kappa shape index (κ3) is 3.23. The van der Waals surface area contributed by atoms with Gasteiger partial charge in [-0.2, -0.15) is 5.10 Å². The van der Waals surface area contributed by atoms with E-state index in [1.165, 1.54) is 16.7 Å². The molecule has 128 valence electrons. The van der Waals surface area contributed by atoms with E-state index in [0.29, 0.717) is 0 Å². The lowest BCUT2D eigenvalue weighted by Crippen LogP contribution is -2.49. The second-order valence-electron chi connectivity index (χ2n) is 6.95. The molecule has 3 aromatic rings. The molecule has 1 aliphatic rings. The Morgan fingerprint density at radius 2 is 1.84 bits per heavy atom. The quantitative estimate of drug-likeness (QED) is 0.796. The van der Waals surface area contributed by atoms with Crippen LogP contribution in [0.4, 0.5) is 0 Å². The number of β-amino-alcohol motifs (C(OH)–C–C–N with tert-alkyl or cyclic N) is 1. The number of nitrogens with zero attached hydrogens (tertiary/aromatic N) is 3. The summed E-state index contributed by atoms with van der Waals surface area (Å²) < 4.78 is 2.00. The fourth-order valence-electron chi connectivity index (χ4n) is 3.37. The molecule has 0 saturated carbocycles. The number of aromatic nitrogens is 2. The largest absolute Gasteiger partial charge is 0.390 e. The molecule has 0 spiro atoms. The molecule has 1 aromatic heterocycles. The number of hydrogen-bond donors (Lipinski definition) is 1. The molecular formula is C21H23N3O. The first kappa shape index (κ1) is 16.1. The second-order valence-corrected chi connectivity index (χ2v) is 6.95. The molecule has 1 aliphatic heterocycles. The Bertz CT molecular complexity index is 879. The summed E-state index contributed by atoms with van der Waals surface area (Å²) in [5, 5.41) is 14.5. The zero-order chi connectivity index (χ0) is 17.4. The number of likely N-dealkylation sites (tertiary alicyclic amines) is 1. The fraction of sp³-hybridized carbons (Fsp3) is 0.286. The van der Waals surface area contributed by atoms with E-state index in [-0.39, 0.29) is 6.10 Å². The average Bonchev–Trinajstić information content (AvgIpc) is 3.00. The van der Waals surface area contributed by atoms with Crippen LogP contribution in [0.25, 0.3) is 16.9 Å². The highest BCUT2D eigenvalue weighted by Crippen LogP contribution is 2.27. The maximum atomic E-state index is 9.57. The predicted octanol–water partition coefficient (Wildman–Crippen LogP) is 3.33. The molecule has 2 heterocycles. The molecule has 0 radical (unpaired) electrons. The molecule has 0 atom stereocenters. The Morgan fingerprint density at radius 1 is 1.08 bits per heavy atom. The van der Waals surface area contributed by atoms with Gasteiger partial charge >= 0.3 is 0 Å². The highest BCUT2D eigenvalue weighted by molar-refractivity contribution is 5.63. The molecule has 4 heteroatoms. The molecule has 1 N–H and O–H groups in total. The summed E-state index contributed by atoms with van der Waals surface area (Å²) >= 11 is 0. The third-order valence-corrected chi connectivity index (χ3v) is 4.78. The summed E-state index contributed by atoms with van der Waals surface area (Å²) in [5.74, 6) is 0. The van der Waals surface area contributed by atoms with Crippen molar-refractivity contribution < 1.29 is 5.11 Å². The minimum atomic E-state index is -0.186. The van der Waals surface area contributed by atoms with Crippen molar-refractivity contribution in [1.29, 1.82) is 0 Å². The van der Waals surface area contributed by atoms with Crippen LogP contribution in [0.5, 0.6) is 0 Å². The van der Waals surface area contributed by atoms with E-state index in [0.717, 1.165) is 36.6 Å². The van der Waals surface area contributed by atoms with Gasteiger partial charge < -0.3 is 5.11 Å². The summed E-state index contributed by atoms with van der Waals surface area (Å²) in [6, 6.07) is 16.8. The molecule has 0 unspecified atom stereocenters. The Labute approximate surface area is 148 Å². The van der Waals surface area contributed by atoms with Crippen LogP contribution in [0.15, 0.2) is 54.7 Å². The van der Waals surface area contributed by atoms with E-state index in [2.05, 4.69) is 55.3 Å². The topological polar surface area (TPSA) is 41.3 Å². The number of aliphatic hydroxyl groups is 1. The second kappa shape index (κ2) is 6.47. The van der Waals surface area contributed by atoms with Crippen molar-refractivity contribution in [1.82, 2.24) is 14.7 Å². The van der Waals surface area contributed by atoms with Gasteiger partial charge in [-0.3, -0.25) is 4.90 Å². The number of aliphatic hydroxyl groups excluding tert-OH is 1. The van der Waals surface area contributed by atoms with Crippen LogP contribution in [0, 0.1) is 13.8 Å².